The largest absolute Gasteiger partial charge is 0.496 e. The van der Waals surface area contributed by atoms with E-state index in [1.807, 2.05) is 30.5 Å². The number of nitrogens with zero attached hydrogens (tertiary/aromatic N) is 3. The van der Waals surface area contributed by atoms with Gasteiger partial charge in [0, 0.05) is 47.9 Å². The van der Waals surface area contributed by atoms with Gasteiger partial charge in [0.05, 0.1) is 43.8 Å². The van der Waals surface area contributed by atoms with Crippen LogP contribution in [-0.2, 0) is 16.1 Å². The first-order valence-corrected chi connectivity index (χ1v) is 11.7. The lowest BCUT2D eigenvalue weighted by atomic mass is 10.0. The van der Waals surface area contributed by atoms with Crippen LogP contribution in [0.5, 0.6) is 5.75 Å². The summed E-state index contributed by atoms with van der Waals surface area (Å²) in [4.78, 5) is 14.6. The van der Waals surface area contributed by atoms with E-state index in [2.05, 4.69) is 24.5 Å². The Morgan fingerprint density at radius 3 is 2.44 bits per heavy atom. The molecule has 180 valence electrons. The number of ether oxygens (including phenoxy) is 3. The van der Waals surface area contributed by atoms with Gasteiger partial charge in [-0.3, -0.25) is 4.98 Å². The Hall–Kier alpha value is -2.69. The monoisotopic (exact) mass is 465 g/mol. The van der Waals surface area contributed by atoms with E-state index < -0.39 is 0 Å². The summed E-state index contributed by atoms with van der Waals surface area (Å²) in [5.41, 5.74) is 3.95. The van der Waals surface area contributed by atoms with Gasteiger partial charge >= 0.3 is 0 Å². The maximum atomic E-state index is 9.74. The van der Waals surface area contributed by atoms with Crippen molar-refractivity contribution in [3.8, 4) is 17.0 Å². The molecule has 9 nitrogen and oxygen atoms in total. The predicted octanol–water partition coefficient (Wildman–Crippen LogP) is 2.29. The number of nitrogens with one attached hydrogen (secondary N) is 2. The fourth-order valence-corrected chi connectivity index (χ4v) is 4.69. The Kier molecular flexibility index (Phi) is 6.71. The van der Waals surface area contributed by atoms with Gasteiger partial charge < -0.3 is 30.0 Å². The molecular weight excluding hydrogens is 434 g/mol. The van der Waals surface area contributed by atoms with Gasteiger partial charge in [-0.2, -0.15) is 0 Å². The second-order valence-electron chi connectivity index (χ2n) is 8.81. The topological polar surface area (TPSA) is 111 Å². The average molecular weight is 466 g/mol. The van der Waals surface area contributed by atoms with Gasteiger partial charge in [-0.15, -0.1) is 0 Å². The fraction of sp³-hybridized carbons (Fsp3) is 0.480. The zero-order chi connectivity index (χ0) is 23.7. The van der Waals surface area contributed by atoms with E-state index in [4.69, 9.17) is 29.2 Å². The molecule has 0 radical (unpaired) electrons. The highest BCUT2D eigenvalue weighted by molar-refractivity contribution is 5.84. The van der Waals surface area contributed by atoms with Crippen molar-refractivity contribution in [2.24, 2.45) is 0 Å². The summed E-state index contributed by atoms with van der Waals surface area (Å²) in [7, 11) is 1.59. The number of benzene rings is 1. The fourth-order valence-electron chi connectivity index (χ4n) is 4.69. The highest BCUT2D eigenvalue weighted by Crippen LogP contribution is 2.33. The number of aliphatic hydroxyl groups is 1. The molecule has 3 N–H and O–H groups in total. The molecule has 2 aromatic heterocycles. The third-order valence-electron chi connectivity index (χ3n) is 6.54. The Bertz CT molecular complexity index is 1170. The van der Waals surface area contributed by atoms with E-state index in [1.54, 1.807) is 7.11 Å². The van der Waals surface area contributed by atoms with Crippen LogP contribution in [0.25, 0.3) is 22.2 Å². The minimum absolute atomic E-state index is 0.0943. The molecule has 3 aromatic rings. The normalized spacial score (nSPS) is 25.4. The molecule has 0 saturated carbocycles. The van der Waals surface area contributed by atoms with Gasteiger partial charge in [-0.1, -0.05) is 0 Å². The second-order valence-corrected chi connectivity index (χ2v) is 8.81. The Morgan fingerprint density at radius 1 is 1.03 bits per heavy atom. The molecule has 1 aromatic carbocycles. The van der Waals surface area contributed by atoms with Crippen LogP contribution in [-0.4, -0.2) is 65.6 Å². The number of hydrogen-bond donors (Lipinski definition) is 3. The molecule has 4 heterocycles. The first kappa shape index (κ1) is 23.1. The van der Waals surface area contributed by atoms with Crippen molar-refractivity contribution in [2.75, 3.05) is 33.4 Å². The van der Waals surface area contributed by atoms with E-state index in [1.165, 1.54) is 0 Å². The summed E-state index contributed by atoms with van der Waals surface area (Å²) in [6.07, 6.45) is 1.36. The second kappa shape index (κ2) is 9.89. The highest BCUT2D eigenvalue weighted by atomic mass is 16.5. The van der Waals surface area contributed by atoms with Crippen molar-refractivity contribution in [3.05, 3.63) is 47.5 Å². The van der Waals surface area contributed by atoms with Gasteiger partial charge in [0.15, 0.2) is 5.82 Å². The number of aliphatic hydroxyl groups excluding tert-OH is 1. The molecule has 4 unspecified atom stereocenters. The van der Waals surface area contributed by atoms with Gasteiger partial charge in [-0.25, -0.2) is 9.97 Å². The average Bonchev–Trinajstić information content (AvgIpc) is 2.88. The number of pyridine rings is 1. The molecule has 9 heteroatoms. The summed E-state index contributed by atoms with van der Waals surface area (Å²) in [6, 6.07) is 7.84. The molecule has 0 aliphatic carbocycles. The van der Waals surface area contributed by atoms with E-state index in [0.717, 1.165) is 40.9 Å². The highest BCUT2D eigenvalue weighted by Gasteiger charge is 2.31. The van der Waals surface area contributed by atoms with Crippen molar-refractivity contribution in [2.45, 2.75) is 44.7 Å². The summed E-state index contributed by atoms with van der Waals surface area (Å²) >= 11 is 0. The zero-order valence-electron chi connectivity index (χ0n) is 19.7. The molecule has 5 rings (SSSR count). The van der Waals surface area contributed by atoms with Gasteiger partial charge in [0.1, 0.15) is 18.0 Å². The van der Waals surface area contributed by atoms with Crippen molar-refractivity contribution < 1.29 is 19.3 Å². The summed E-state index contributed by atoms with van der Waals surface area (Å²) in [6.45, 7) is 6.93. The molecule has 2 saturated heterocycles. The van der Waals surface area contributed by atoms with Crippen LogP contribution in [0.1, 0.15) is 43.1 Å². The molecule has 2 aliphatic heterocycles. The van der Waals surface area contributed by atoms with Crippen LogP contribution in [0.2, 0.25) is 0 Å². The number of morpholine rings is 2. The quantitative estimate of drug-likeness (QED) is 0.523. The molecule has 2 fully saturated rings. The van der Waals surface area contributed by atoms with Crippen LogP contribution < -0.4 is 15.4 Å². The number of fused-ring (bicyclic) bond motifs is 1. The van der Waals surface area contributed by atoms with Crippen LogP contribution in [0.4, 0.5) is 0 Å². The number of aromatic nitrogens is 3. The van der Waals surface area contributed by atoms with Gasteiger partial charge in [0.2, 0.25) is 0 Å². The lowest BCUT2D eigenvalue weighted by Gasteiger charge is -2.32. The Balaban J connectivity index is 1.64. The Labute approximate surface area is 198 Å². The number of rotatable bonds is 5. The standard InChI is InChI=1S/C25H31N5O4/c1-14-23(33-8-6-26-14)22-18-12-28-19(16-4-5-21(32-3)17(10-16)13-31)11-20(18)29-25(30-22)24-15(2)27-7-9-34-24/h4-5,10-12,14-15,23-24,26-27,31H,6-9,13H2,1-3H3. The van der Waals surface area contributed by atoms with Crippen molar-refractivity contribution in [1.29, 1.82) is 0 Å². The smallest absolute Gasteiger partial charge is 0.159 e. The van der Waals surface area contributed by atoms with Crippen molar-refractivity contribution >= 4 is 10.9 Å². The van der Waals surface area contributed by atoms with Gasteiger partial charge in [0.25, 0.3) is 0 Å². The van der Waals surface area contributed by atoms with Crippen LogP contribution in [0.3, 0.4) is 0 Å². The lowest BCUT2D eigenvalue weighted by Crippen LogP contribution is -2.43. The first-order valence-electron chi connectivity index (χ1n) is 11.7. The van der Waals surface area contributed by atoms with Crippen molar-refractivity contribution in [3.63, 3.8) is 0 Å². The lowest BCUT2D eigenvalue weighted by molar-refractivity contribution is -0.0108. The van der Waals surface area contributed by atoms with E-state index in [-0.39, 0.29) is 30.9 Å². The van der Waals surface area contributed by atoms with Gasteiger partial charge in [-0.05, 0) is 38.1 Å². The predicted molar refractivity (Wildman–Crippen MR) is 128 cm³/mol. The van der Waals surface area contributed by atoms with Crippen LogP contribution >= 0.6 is 0 Å². The molecule has 0 amide bonds. The summed E-state index contributed by atoms with van der Waals surface area (Å²) < 4.78 is 17.6. The SMILES string of the molecule is COc1ccc(-c2cc3nc(C4OCCNC4C)nc(C4OCCNC4C)c3cn2)cc1CO. The first-order chi connectivity index (χ1) is 16.6. The summed E-state index contributed by atoms with van der Waals surface area (Å²) in [5.74, 6) is 1.29. The number of hydrogen-bond acceptors (Lipinski definition) is 9. The third-order valence-corrected chi connectivity index (χ3v) is 6.54. The maximum absolute atomic E-state index is 9.74. The third kappa shape index (κ3) is 4.37. The molecule has 0 bridgehead atoms. The molecule has 4 atom stereocenters. The van der Waals surface area contributed by atoms with Crippen LogP contribution in [0.15, 0.2) is 30.5 Å². The molecule has 0 spiro atoms. The van der Waals surface area contributed by atoms with E-state index in [9.17, 15) is 5.11 Å². The molecular formula is C25H31N5O4. The zero-order valence-corrected chi connectivity index (χ0v) is 19.7. The van der Waals surface area contributed by atoms with E-state index in [0.29, 0.717) is 30.4 Å². The molecule has 2 aliphatic rings. The van der Waals surface area contributed by atoms with Crippen molar-refractivity contribution in [1.82, 2.24) is 25.6 Å². The maximum Gasteiger partial charge on any atom is 0.159 e. The Morgan fingerprint density at radius 2 is 1.76 bits per heavy atom. The number of methoxy groups -OCH3 is 1. The molecule has 34 heavy (non-hydrogen) atoms. The van der Waals surface area contributed by atoms with E-state index >= 15 is 0 Å². The summed E-state index contributed by atoms with van der Waals surface area (Å²) in [5, 5.41) is 17.5. The minimum atomic E-state index is -0.248. The minimum Gasteiger partial charge on any atom is -0.496 e. The van der Waals surface area contributed by atoms with Crippen LogP contribution in [0, 0.1) is 0 Å².